The van der Waals surface area contributed by atoms with Gasteiger partial charge in [0.05, 0.1) is 0 Å². The Balaban J connectivity index is 2.09. The molecule has 0 atom stereocenters. The SMILES string of the molecule is C=Cc1ccc(P(c2ccc(C)cc2)c2ccc(C=C)cc2)cc1. The molecule has 0 aromatic heterocycles. The topological polar surface area (TPSA) is 0 Å². The van der Waals surface area contributed by atoms with Crippen LogP contribution in [0.4, 0.5) is 0 Å². The van der Waals surface area contributed by atoms with Crippen molar-refractivity contribution >= 4 is 36.0 Å². The third-order valence-corrected chi connectivity index (χ3v) is 6.51. The van der Waals surface area contributed by atoms with E-state index < -0.39 is 7.92 Å². The smallest absolute Gasteiger partial charge is 0.0134 e. The van der Waals surface area contributed by atoms with E-state index in [-0.39, 0.29) is 0 Å². The van der Waals surface area contributed by atoms with Crippen LogP contribution in [0.15, 0.2) is 86.0 Å². The maximum Gasteiger partial charge on any atom is -0.0134 e. The maximum atomic E-state index is 3.85. The highest BCUT2D eigenvalue weighted by Gasteiger charge is 2.16. The molecule has 0 saturated heterocycles. The van der Waals surface area contributed by atoms with Crippen LogP contribution >= 0.6 is 7.92 Å². The summed E-state index contributed by atoms with van der Waals surface area (Å²) in [5.74, 6) is 0. The van der Waals surface area contributed by atoms with Crippen molar-refractivity contribution in [1.29, 1.82) is 0 Å². The van der Waals surface area contributed by atoms with Gasteiger partial charge in [0, 0.05) is 0 Å². The first-order valence-electron chi connectivity index (χ1n) is 8.03. The molecule has 0 nitrogen and oxygen atoms in total. The monoisotopic (exact) mass is 328 g/mol. The lowest BCUT2D eigenvalue weighted by atomic mass is 10.2. The second-order valence-electron chi connectivity index (χ2n) is 5.76. The second kappa shape index (κ2) is 7.43. The quantitative estimate of drug-likeness (QED) is 0.576. The van der Waals surface area contributed by atoms with Gasteiger partial charge in [-0.1, -0.05) is 104 Å². The number of rotatable bonds is 5. The first-order valence-corrected chi connectivity index (χ1v) is 9.37. The number of aryl methyl sites for hydroxylation is 1. The minimum absolute atomic E-state index is 0.562. The van der Waals surface area contributed by atoms with Crippen molar-refractivity contribution in [3.63, 3.8) is 0 Å². The normalized spacial score (nSPS) is 10.6. The highest BCUT2D eigenvalue weighted by molar-refractivity contribution is 7.79. The Hall–Kier alpha value is -2.43. The van der Waals surface area contributed by atoms with Gasteiger partial charge in [0.1, 0.15) is 0 Å². The lowest BCUT2D eigenvalue weighted by Gasteiger charge is -2.20. The lowest BCUT2D eigenvalue weighted by Crippen LogP contribution is -2.20. The zero-order valence-corrected chi connectivity index (χ0v) is 14.8. The van der Waals surface area contributed by atoms with Gasteiger partial charge in [-0.3, -0.25) is 0 Å². The Morgan fingerprint density at radius 2 is 0.917 bits per heavy atom. The summed E-state index contributed by atoms with van der Waals surface area (Å²) in [6, 6.07) is 26.4. The highest BCUT2D eigenvalue weighted by atomic mass is 31.1. The predicted molar refractivity (Wildman–Crippen MR) is 110 cm³/mol. The van der Waals surface area contributed by atoms with Gasteiger partial charge in [0.25, 0.3) is 0 Å². The summed E-state index contributed by atoms with van der Waals surface area (Å²) in [5, 5.41) is 4.07. The van der Waals surface area contributed by atoms with E-state index in [9.17, 15) is 0 Å². The van der Waals surface area contributed by atoms with E-state index in [2.05, 4.69) is 92.9 Å². The number of hydrogen-bond acceptors (Lipinski definition) is 0. The molecule has 0 radical (unpaired) electrons. The molecule has 0 unspecified atom stereocenters. The van der Waals surface area contributed by atoms with Gasteiger partial charge in [-0.25, -0.2) is 0 Å². The molecule has 0 fully saturated rings. The number of hydrogen-bond donors (Lipinski definition) is 0. The van der Waals surface area contributed by atoms with E-state index in [0.717, 1.165) is 11.1 Å². The Bertz CT molecular complexity index is 773. The average Bonchev–Trinajstić information content (AvgIpc) is 2.64. The van der Waals surface area contributed by atoms with Crippen molar-refractivity contribution in [2.75, 3.05) is 0 Å². The van der Waals surface area contributed by atoms with E-state index in [1.807, 2.05) is 12.2 Å². The molecule has 0 saturated carbocycles. The fourth-order valence-corrected chi connectivity index (χ4v) is 4.90. The molecule has 0 bridgehead atoms. The summed E-state index contributed by atoms with van der Waals surface area (Å²) >= 11 is 0. The molecule has 0 aliphatic heterocycles. The van der Waals surface area contributed by atoms with Gasteiger partial charge < -0.3 is 0 Å². The van der Waals surface area contributed by atoms with Crippen LogP contribution in [-0.4, -0.2) is 0 Å². The Morgan fingerprint density at radius 1 is 0.583 bits per heavy atom. The van der Waals surface area contributed by atoms with Gasteiger partial charge in [-0.15, -0.1) is 0 Å². The van der Waals surface area contributed by atoms with Crippen LogP contribution in [0.3, 0.4) is 0 Å². The average molecular weight is 328 g/mol. The summed E-state index contributed by atoms with van der Waals surface area (Å²) in [4.78, 5) is 0. The van der Waals surface area contributed by atoms with Crippen molar-refractivity contribution in [2.45, 2.75) is 6.92 Å². The Labute approximate surface area is 145 Å². The van der Waals surface area contributed by atoms with E-state index >= 15 is 0 Å². The zero-order valence-electron chi connectivity index (χ0n) is 13.9. The van der Waals surface area contributed by atoms with Gasteiger partial charge in [-0.2, -0.15) is 0 Å². The van der Waals surface area contributed by atoms with E-state index in [1.54, 1.807) is 0 Å². The molecule has 3 aromatic rings. The summed E-state index contributed by atoms with van der Waals surface area (Å²) in [6.07, 6.45) is 3.77. The molecule has 0 N–H and O–H groups in total. The van der Waals surface area contributed by atoms with Crippen LogP contribution < -0.4 is 15.9 Å². The first-order chi connectivity index (χ1) is 11.7. The minimum atomic E-state index is -0.562. The van der Waals surface area contributed by atoms with E-state index in [0.29, 0.717) is 0 Å². The van der Waals surface area contributed by atoms with Crippen molar-refractivity contribution in [3.05, 3.63) is 103 Å². The molecule has 0 amide bonds. The van der Waals surface area contributed by atoms with Crippen LogP contribution in [0, 0.1) is 6.92 Å². The van der Waals surface area contributed by atoms with Crippen molar-refractivity contribution in [2.24, 2.45) is 0 Å². The summed E-state index contributed by atoms with van der Waals surface area (Å²) in [6.45, 7) is 9.82. The third-order valence-electron chi connectivity index (χ3n) is 4.07. The highest BCUT2D eigenvalue weighted by Crippen LogP contribution is 2.33. The van der Waals surface area contributed by atoms with Crippen LogP contribution in [-0.2, 0) is 0 Å². The van der Waals surface area contributed by atoms with Crippen LogP contribution in [0.1, 0.15) is 16.7 Å². The summed E-state index contributed by atoms with van der Waals surface area (Å²) < 4.78 is 0. The molecular formula is C23H21P. The molecule has 0 aliphatic rings. The van der Waals surface area contributed by atoms with Gasteiger partial charge in [-0.05, 0) is 41.9 Å². The summed E-state index contributed by atoms with van der Waals surface area (Å²) in [7, 11) is -0.562. The van der Waals surface area contributed by atoms with Crippen molar-refractivity contribution in [3.8, 4) is 0 Å². The standard InChI is InChI=1S/C23H21P/c1-4-19-8-14-22(15-9-19)24(21-12-6-18(3)7-13-21)23-16-10-20(5-2)11-17-23/h4-17H,1-2H2,3H3. The maximum absolute atomic E-state index is 3.85. The Kier molecular flexibility index (Phi) is 5.08. The van der Waals surface area contributed by atoms with E-state index in [4.69, 9.17) is 0 Å². The zero-order chi connectivity index (χ0) is 16.9. The molecule has 1 heteroatoms. The minimum Gasteiger partial charge on any atom is -0.0985 e. The van der Waals surface area contributed by atoms with Crippen molar-refractivity contribution < 1.29 is 0 Å². The summed E-state index contributed by atoms with van der Waals surface area (Å²) in [5.41, 5.74) is 3.59. The molecule has 3 rings (SSSR count). The van der Waals surface area contributed by atoms with Gasteiger partial charge in [0.15, 0.2) is 0 Å². The van der Waals surface area contributed by atoms with E-state index in [1.165, 1.54) is 21.5 Å². The fourth-order valence-electron chi connectivity index (χ4n) is 2.66. The van der Waals surface area contributed by atoms with Gasteiger partial charge >= 0.3 is 0 Å². The Morgan fingerprint density at radius 3 is 1.25 bits per heavy atom. The largest absolute Gasteiger partial charge is 0.0985 e. The molecular weight excluding hydrogens is 307 g/mol. The molecule has 0 aliphatic carbocycles. The fraction of sp³-hybridized carbons (Fsp3) is 0.0435. The molecule has 0 heterocycles. The molecule has 3 aromatic carbocycles. The third kappa shape index (κ3) is 3.55. The van der Waals surface area contributed by atoms with Crippen LogP contribution in [0.5, 0.6) is 0 Å². The second-order valence-corrected chi connectivity index (χ2v) is 7.98. The lowest BCUT2D eigenvalue weighted by molar-refractivity contribution is 1.49. The molecule has 0 spiro atoms. The first kappa shape index (κ1) is 16.4. The molecule has 118 valence electrons. The van der Waals surface area contributed by atoms with Crippen LogP contribution in [0.25, 0.3) is 12.2 Å². The van der Waals surface area contributed by atoms with Crippen molar-refractivity contribution in [1.82, 2.24) is 0 Å². The predicted octanol–water partition coefficient (Wildman–Crippen LogP) is 5.04. The molecule has 24 heavy (non-hydrogen) atoms. The van der Waals surface area contributed by atoms with Crippen LogP contribution in [0.2, 0.25) is 0 Å². The number of benzene rings is 3. The van der Waals surface area contributed by atoms with Gasteiger partial charge in [0.2, 0.25) is 0 Å².